The Kier molecular flexibility index (Phi) is 4.24. The van der Waals surface area contributed by atoms with Gasteiger partial charge in [-0.15, -0.1) is 5.10 Å². The van der Waals surface area contributed by atoms with Crippen molar-refractivity contribution in [2.24, 2.45) is 0 Å². The van der Waals surface area contributed by atoms with Crippen LogP contribution >= 0.6 is 0 Å². The van der Waals surface area contributed by atoms with E-state index >= 15 is 0 Å². The van der Waals surface area contributed by atoms with Crippen LogP contribution in [0.2, 0.25) is 0 Å². The first kappa shape index (κ1) is 14.8. The lowest BCUT2D eigenvalue weighted by atomic mass is 9.92. The molecule has 1 aliphatic rings. The Labute approximate surface area is 127 Å². The number of hydrogen-bond acceptors (Lipinski definition) is 4. The summed E-state index contributed by atoms with van der Waals surface area (Å²) >= 11 is 0. The van der Waals surface area contributed by atoms with E-state index in [1.54, 1.807) is 18.3 Å². The van der Waals surface area contributed by atoms with Crippen LogP contribution in [0, 0.1) is 0 Å². The van der Waals surface area contributed by atoms with Crippen molar-refractivity contribution < 1.29 is 9.90 Å². The van der Waals surface area contributed by atoms with Gasteiger partial charge in [0.2, 0.25) is 5.91 Å². The molecule has 7 nitrogen and oxygen atoms in total. The van der Waals surface area contributed by atoms with Gasteiger partial charge in [-0.05, 0) is 25.0 Å². The number of nitrogens with zero attached hydrogens (tertiary/aromatic N) is 3. The zero-order valence-corrected chi connectivity index (χ0v) is 12.3. The molecule has 0 radical (unpaired) electrons. The zero-order chi connectivity index (χ0) is 15.5. The van der Waals surface area contributed by atoms with Crippen molar-refractivity contribution in [3.8, 4) is 0 Å². The summed E-state index contributed by atoms with van der Waals surface area (Å²) in [5.41, 5.74) is 0.316. The third-order valence-corrected chi connectivity index (χ3v) is 4.11. The van der Waals surface area contributed by atoms with Crippen molar-refractivity contribution in [3.63, 3.8) is 0 Å². The van der Waals surface area contributed by atoms with Gasteiger partial charge in [0.05, 0.1) is 18.7 Å². The molecule has 2 aromatic heterocycles. The van der Waals surface area contributed by atoms with Crippen LogP contribution in [0.4, 0.5) is 0 Å². The van der Waals surface area contributed by atoms with Gasteiger partial charge in [0.15, 0.2) is 5.65 Å². The molecular weight excluding hydrogens is 284 g/mol. The molecule has 2 atom stereocenters. The average Bonchev–Trinajstić information content (AvgIpc) is 2.84. The maximum Gasteiger partial charge on any atom is 0.350 e. The maximum absolute atomic E-state index is 12.1. The third kappa shape index (κ3) is 3.04. The van der Waals surface area contributed by atoms with Crippen molar-refractivity contribution in [2.75, 3.05) is 0 Å². The number of carbonyl (C=O) groups is 1. The molecular formula is C15H20N4O3. The van der Waals surface area contributed by atoms with Crippen LogP contribution in [0.25, 0.3) is 5.65 Å². The second-order valence-electron chi connectivity index (χ2n) is 5.71. The molecule has 1 fully saturated rings. The highest BCUT2D eigenvalue weighted by Gasteiger charge is 2.24. The molecule has 1 saturated carbocycles. The van der Waals surface area contributed by atoms with E-state index in [1.807, 2.05) is 6.07 Å². The van der Waals surface area contributed by atoms with Crippen LogP contribution in [-0.4, -0.2) is 37.3 Å². The Morgan fingerprint density at radius 2 is 2.18 bits per heavy atom. The van der Waals surface area contributed by atoms with Crippen molar-refractivity contribution >= 4 is 11.6 Å². The lowest BCUT2D eigenvalue weighted by Crippen LogP contribution is -2.45. The van der Waals surface area contributed by atoms with Crippen LogP contribution in [0.5, 0.6) is 0 Å². The highest BCUT2D eigenvalue weighted by atomic mass is 16.3. The van der Waals surface area contributed by atoms with Gasteiger partial charge in [-0.3, -0.25) is 9.20 Å². The number of aliphatic hydroxyl groups is 1. The minimum absolute atomic E-state index is 0.157. The van der Waals surface area contributed by atoms with Gasteiger partial charge in [-0.2, -0.15) is 0 Å². The summed E-state index contributed by atoms with van der Waals surface area (Å²) in [7, 11) is 0. The molecule has 2 heterocycles. The molecule has 118 valence electrons. The summed E-state index contributed by atoms with van der Waals surface area (Å²) in [5, 5.41) is 16.9. The second-order valence-corrected chi connectivity index (χ2v) is 5.71. The minimum atomic E-state index is -0.462. The molecule has 3 rings (SSSR count). The fourth-order valence-electron chi connectivity index (χ4n) is 2.88. The van der Waals surface area contributed by atoms with E-state index in [1.165, 1.54) is 9.08 Å². The molecule has 0 spiro atoms. The molecule has 1 aliphatic carbocycles. The minimum Gasteiger partial charge on any atom is -0.391 e. The van der Waals surface area contributed by atoms with E-state index < -0.39 is 6.10 Å². The molecule has 0 aliphatic heterocycles. The van der Waals surface area contributed by atoms with Crippen molar-refractivity contribution in [3.05, 3.63) is 34.9 Å². The Bertz CT molecular complexity index is 721. The lowest BCUT2D eigenvalue weighted by Gasteiger charge is -2.28. The van der Waals surface area contributed by atoms with Crippen molar-refractivity contribution in [1.29, 1.82) is 0 Å². The summed E-state index contributed by atoms with van der Waals surface area (Å²) in [6.45, 7) is 0.231. The SMILES string of the molecule is O=C(CCn1nc2ccccn2c1=O)NC1CCCCC1O. The smallest absolute Gasteiger partial charge is 0.350 e. The molecule has 0 saturated heterocycles. The first-order valence-electron chi connectivity index (χ1n) is 7.67. The van der Waals surface area contributed by atoms with Crippen LogP contribution in [-0.2, 0) is 11.3 Å². The molecule has 7 heteroatoms. The summed E-state index contributed by atoms with van der Waals surface area (Å²) < 4.78 is 2.75. The molecule has 0 bridgehead atoms. The van der Waals surface area contributed by atoms with Crippen molar-refractivity contribution in [1.82, 2.24) is 19.5 Å². The number of hydrogen-bond donors (Lipinski definition) is 2. The van der Waals surface area contributed by atoms with Gasteiger partial charge in [0.1, 0.15) is 0 Å². The Morgan fingerprint density at radius 3 is 2.95 bits per heavy atom. The molecule has 22 heavy (non-hydrogen) atoms. The number of carbonyl (C=O) groups excluding carboxylic acids is 1. The van der Waals surface area contributed by atoms with E-state index in [9.17, 15) is 14.7 Å². The summed E-state index contributed by atoms with van der Waals surface area (Å²) in [5.74, 6) is -0.157. The number of amides is 1. The number of aromatic nitrogens is 3. The maximum atomic E-state index is 12.1. The lowest BCUT2D eigenvalue weighted by molar-refractivity contribution is -0.123. The number of aliphatic hydroxyl groups excluding tert-OH is 1. The number of rotatable bonds is 4. The third-order valence-electron chi connectivity index (χ3n) is 4.11. The van der Waals surface area contributed by atoms with Gasteiger partial charge < -0.3 is 10.4 Å². The van der Waals surface area contributed by atoms with E-state index in [4.69, 9.17) is 0 Å². The second kappa shape index (κ2) is 6.31. The van der Waals surface area contributed by atoms with E-state index in [-0.39, 0.29) is 30.6 Å². The van der Waals surface area contributed by atoms with E-state index in [2.05, 4.69) is 10.4 Å². The highest BCUT2D eigenvalue weighted by molar-refractivity contribution is 5.76. The number of nitrogens with one attached hydrogen (secondary N) is 1. The van der Waals surface area contributed by atoms with Gasteiger partial charge in [-0.25, -0.2) is 9.48 Å². The monoisotopic (exact) mass is 304 g/mol. The van der Waals surface area contributed by atoms with Gasteiger partial charge in [0.25, 0.3) is 0 Å². The normalized spacial score (nSPS) is 21.9. The summed E-state index contributed by atoms with van der Waals surface area (Å²) in [6.07, 6.45) is 4.93. The molecule has 2 N–H and O–H groups in total. The number of aryl methyl sites for hydroxylation is 1. The van der Waals surface area contributed by atoms with E-state index in [0.717, 1.165) is 25.7 Å². The van der Waals surface area contributed by atoms with E-state index in [0.29, 0.717) is 5.65 Å². The van der Waals surface area contributed by atoms with Crippen molar-refractivity contribution in [2.45, 2.75) is 50.8 Å². The fraction of sp³-hybridized carbons (Fsp3) is 0.533. The van der Waals surface area contributed by atoms with Crippen LogP contribution in [0.15, 0.2) is 29.2 Å². The Balaban J connectivity index is 1.60. The Hall–Kier alpha value is -2.15. The topological polar surface area (TPSA) is 88.6 Å². The first-order valence-corrected chi connectivity index (χ1v) is 7.67. The summed E-state index contributed by atoms with van der Waals surface area (Å²) in [4.78, 5) is 24.1. The number of pyridine rings is 1. The van der Waals surface area contributed by atoms with Crippen LogP contribution in [0.3, 0.4) is 0 Å². The average molecular weight is 304 g/mol. The predicted molar refractivity (Wildman–Crippen MR) is 80.5 cm³/mol. The number of fused-ring (bicyclic) bond motifs is 1. The standard InChI is InChI=1S/C15H20N4O3/c20-12-6-2-1-5-11(12)16-14(21)8-10-19-15(22)18-9-4-3-7-13(18)17-19/h3-4,7,9,11-12,20H,1-2,5-6,8,10H2,(H,16,21). The van der Waals surface area contributed by atoms with Crippen LogP contribution < -0.4 is 11.0 Å². The van der Waals surface area contributed by atoms with Crippen LogP contribution in [0.1, 0.15) is 32.1 Å². The van der Waals surface area contributed by atoms with Gasteiger partial charge in [0, 0.05) is 12.6 Å². The fourth-order valence-corrected chi connectivity index (χ4v) is 2.88. The van der Waals surface area contributed by atoms with Gasteiger partial charge in [-0.1, -0.05) is 18.9 Å². The summed E-state index contributed by atoms with van der Waals surface area (Å²) in [6, 6.07) is 5.15. The Morgan fingerprint density at radius 1 is 1.36 bits per heavy atom. The molecule has 2 aromatic rings. The molecule has 1 amide bonds. The zero-order valence-electron chi connectivity index (χ0n) is 12.3. The first-order chi connectivity index (χ1) is 10.6. The highest BCUT2D eigenvalue weighted by Crippen LogP contribution is 2.18. The molecule has 2 unspecified atom stereocenters. The van der Waals surface area contributed by atoms with Gasteiger partial charge >= 0.3 is 5.69 Å². The molecule has 0 aromatic carbocycles. The largest absolute Gasteiger partial charge is 0.391 e. The predicted octanol–water partition coefficient (Wildman–Crippen LogP) is 0.306. The quantitative estimate of drug-likeness (QED) is 0.850.